The van der Waals surface area contributed by atoms with E-state index in [9.17, 15) is 0 Å². The van der Waals surface area contributed by atoms with Crippen LogP contribution in [0.5, 0.6) is 6.01 Å². The third-order valence-corrected chi connectivity index (χ3v) is 3.67. The fourth-order valence-electron chi connectivity index (χ4n) is 2.63. The largest absolute Gasteiger partial charge is 0.467 e. The highest BCUT2D eigenvalue weighted by atomic mass is 16.5. The second-order valence-electron chi connectivity index (χ2n) is 4.82. The summed E-state index contributed by atoms with van der Waals surface area (Å²) in [4.78, 5) is 12.4. The van der Waals surface area contributed by atoms with E-state index in [0.717, 1.165) is 6.42 Å². The molecule has 0 bridgehead atoms. The molecule has 1 heterocycles. The monoisotopic (exact) mass is 266 g/mol. The predicted octanol–water partition coefficient (Wildman–Crippen LogP) is 1.55. The van der Waals surface area contributed by atoms with Crippen LogP contribution in [0.1, 0.15) is 39.0 Å². The zero-order valence-corrected chi connectivity index (χ0v) is 11.5. The summed E-state index contributed by atoms with van der Waals surface area (Å²) in [5.74, 6) is 6.84. The van der Waals surface area contributed by atoms with Crippen molar-refractivity contribution in [1.29, 1.82) is 0 Å². The molecule has 1 aromatic rings. The first-order valence-corrected chi connectivity index (χ1v) is 6.80. The van der Waals surface area contributed by atoms with Gasteiger partial charge in [0.2, 0.25) is 11.9 Å². The molecule has 7 heteroatoms. The van der Waals surface area contributed by atoms with E-state index in [-0.39, 0.29) is 6.01 Å². The first-order chi connectivity index (χ1) is 9.26. The van der Waals surface area contributed by atoms with Crippen LogP contribution in [0, 0.1) is 5.92 Å². The van der Waals surface area contributed by atoms with Gasteiger partial charge in [-0.3, -0.25) is 5.43 Å². The molecule has 0 aliphatic heterocycles. The maximum absolute atomic E-state index is 5.34. The van der Waals surface area contributed by atoms with E-state index < -0.39 is 0 Å². The van der Waals surface area contributed by atoms with Crippen LogP contribution in [-0.2, 0) is 0 Å². The van der Waals surface area contributed by atoms with Gasteiger partial charge in [-0.15, -0.1) is 0 Å². The molecule has 1 saturated carbocycles. The molecule has 7 nitrogen and oxygen atoms in total. The highest BCUT2D eigenvalue weighted by molar-refractivity contribution is 5.36. The van der Waals surface area contributed by atoms with Crippen molar-refractivity contribution in [2.75, 3.05) is 17.9 Å². The Balaban J connectivity index is 2.12. The highest BCUT2D eigenvalue weighted by Crippen LogP contribution is 2.28. The van der Waals surface area contributed by atoms with Crippen molar-refractivity contribution in [3.63, 3.8) is 0 Å². The SMILES string of the molecule is CCC1CCCCC1Nc1nc(NN)nc(OC)n1. The van der Waals surface area contributed by atoms with Gasteiger partial charge in [-0.25, -0.2) is 5.84 Å². The van der Waals surface area contributed by atoms with Gasteiger partial charge in [0.1, 0.15) is 0 Å². The third kappa shape index (κ3) is 3.44. The van der Waals surface area contributed by atoms with Crippen LogP contribution in [0.2, 0.25) is 0 Å². The molecule has 0 amide bonds. The summed E-state index contributed by atoms with van der Waals surface area (Å²) >= 11 is 0. The summed E-state index contributed by atoms with van der Waals surface area (Å²) in [7, 11) is 1.52. The van der Waals surface area contributed by atoms with Crippen LogP contribution in [0.15, 0.2) is 0 Å². The number of rotatable bonds is 5. The van der Waals surface area contributed by atoms with E-state index in [1.165, 1.54) is 32.8 Å². The number of hydrogen-bond donors (Lipinski definition) is 3. The normalized spacial score (nSPS) is 22.9. The zero-order chi connectivity index (χ0) is 13.7. The van der Waals surface area contributed by atoms with Crippen LogP contribution in [0.25, 0.3) is 0 Å². The lowest BCUT2D eigenvalue weighted by Crippen LogP contribution is -2.32. The molecular weight excluding hydrogens is 244 g/mol. The van der Waals surface area contributed by atoms with Gasteiger partial charge in [0, 0.05) is 6.04 Å². The fourth-order valence-corrected chi connectivity index (χ4v) is 2.63. The maximum atomic E-state index is 5.34. The van der Waals surface area contributed by atoms with Crippen LogP contribution < -0.4 is 21.3 Å². The highest BCUT2D eigenvalue weighted by Gasteiger charge is 2.24. The average molecular weight is 266 g/mol. The van der Waals surface area contributed by atoms with E-state index in [2.05, 4.69) is 32.6 Å². The van der Waals surface area contributed by atoms with Gasteiger partial charge in [-0.1, -0.05) is 26.2 Å². The number of nitrogens with one attached hydrogen (secondary N) is 2. The molecule has 0 spiro atoms. The number of nitrogens with two attached hydrogens (primary N) is 1. The molecule has 1 fully saturated rings. The lowest BCUT2D eigenvalue weighted by molar-refractivity contribution is 0.315. The minimum atomic E-state index is 0.259. The minimum absolute atomic E-state index is 0.259. The number of hydrogen-bond acceptors (Lipinski definition) is 7. The number of aromatic nitrogens is 3. The van der Waals surface area contributed by atoms with Gasteiger partial charge in [-0.05, 0) is 18.8 Å². The number of anilines is 2. The Morgan fingerprint density at radius 1 is 1.21 bits per heavy atom. The van der Waals surface area contributed by atoms with Crippen molar-refractivity contribution < 1.29 is 4.74 Å². The van der Waals surface area contributed by atoms with Gasteiger partial charge < -0.3 is 10.1 Å². The Morgan fingerprint density at radius 3 is 2.63 bits per heavy atom. The Hall–Kier alpha value is -1.63. The molecule has 1 aromatic heterocycles. The summed E-state index contributed by atoms with van der Waals surface area (Å²) < 4.78 is 5.04. The lowest BCUT2D eigenvalue weighted by atomic mass is 9.83. The van der Waals surface area contributed by atoms with Crippen LogP contribution in [0.4, 0.5) is 11.9 Å². The average Bonchev–Trinajstić information content (AvgIpc) is 2.47. The van der Waals surface area contributed by atoms with Crippen LogP contribution in [-0.4, -0.2) is 28.1 Å². The third-order valence-electron chi connectivity index (χ3n) is 3.67. The summed E-state index contributed by atoms with van der Waals surface area (Å²) in [6.07, 6.45) is 6.14. The van der Waals surface area contributed by atoms with E-state index in [0.29, 0.717) is 23.9 Å². The number of ether oxygens (including phenoxy) is 1. The molecular formula is C12H22N6O. The number of hydrazine groups is 1. The van der Waals surface area contributed by atoms with Crippen molar-refractivity contribution in [1.82, 2.24) is 15.0 Å². The smallest absolute Gasteiger partial charge is 0.322 e. The second kappa shape index (κ2) is 6.51. The molecule has 1 aliphatic rings. The van der Waals surface area contributed by atoms with E-state index in [1.807, 2.05) is 0 Å². The Bertz CT molecular complexity index is 391. The topological polar surface area (TPSA) is 98.0 Å². The first-order valence-electron chi connectivity index (χ1n) is 6.80. The van der Waals surface area contributed by atoms with Gasteiger partial charge >= 0.3 is 6.01 Å². The summed E-state index contributed by atoms with van der Waals surface area (Å²) in [5, 5.41) is 3.39. The Kier molecular flexibility index (Phi) is 4.73. The van der Waals surface area contributed by atoms with Crippen LogP contribution in [0.3, 0.4) is 0 Å². The molecule has 19 heavy (non-hydrogen) atoms. The molecule has 0 aromatic carbocycles. The number of nitrogens with zero attached hydrogens (tertiary/aromatic N) is 3. The van der Waals surface area contributed by atoms with Crippen molar-refractivity contribution in [2.45, 2.75) is 45.1 Å². The quantitative estimate of drug-likeness (QED) is 0.549. The second-order valence-corrected chi connectivity index (χ2v) is 4.82. The first kappa shape index (κ1) is 13.8. The van der Waals surface area contributed by atoms with Crippen molar-refractivity contribution in [2.24, 2.45) is 11.8 Å². The van der Waals surface area contributed by atoms with E-state index in [4.69, 9.17) is 10.6 Å². The Morgan fingerprint density at radius 2 is 1.95 bits per heavy atom. The van der Waals surface area contributed by atoms with Gasteiger partial charge in [-0.2, -0.15) is 15.0 Å². The summed E-state index contributed by atoms with van der Waals surface area (Å²) in [6, 6.07) is 0.672. The molecule has 0 saturated heterocycles. The molecule has 1 aliphatic carbocycles. The number of nitrogen functional groups attached to an aromatic ring is 1. The van der Waals surface area contributed by atoms with Crippen molar-refractivity contribution in [3.05, 3.63) is 0 Å². The van der Waals surface area contributed by atoms with Crippen LogP contribution >= 0.6 is 0 Å². The standard InChI is InChI=1S/C12H22N6O/c1-3-8-6-4-5-7-9(8)14-10-15-11(18-13)17-12(16-10)19-2/h8-9H,3-7,13H2,1-2H3,(H2,14,15,16,17,18). The fraction of sp³-hybridized carbons (Fsp3) is 0.750. The number of methoxy groups -OCH3 is 1. The van der Waals surface area contributed by atoms with Crippen molar-refractivity contribution >= 4 is 11.9 Å². The minimum Gasteiger partial charge on any atom is -0.467 e. The van der Waals surface area contributed by atoms with Gasteiger partial charge in [0.15, 0.2) is 0 Å². The predicted molar refractivity (Wildman–Crippen MR) is 73.8 cm³/mol. The molecule has 2 rings (SSSR count). The lowest BCUT2D eigenvalue weighted by Gasteiger charge is -2.31. The summed E-state index contributed by atoms with van der Waals surface area (Å²) in [6.45, 7) is 2.23. The van der Waals surface area contributed by atoms with E-state index in [1.54, 1.807) is 0 Å². The maximum Gasteiger partial charge on any atom is 0.322 e. The zero-order valence-electron chi connectivity index (χ0n) is 11.5. The molecule has 4 N–H and O–H groups in total. The molecule has 0 radical (unpaired) electrons. The molecule has 2 unspecified atom stereocenters. The molecule has 2 atom stereocenters. The van der Waals surface area contributed by atoms with Crippen molar-refractivity contribution in [3.8, 4) is 6.01 Å². The molecule has 106 valence electrons. The summed E-state index contributed by atoms with van der Waals surface area (Å²) in [5.41, 5.74) is 2.42. The van der Waals surface area contributed by atoms with E-state index >= 15 is 0 Å². The van der Waals surface area contributed by atoms with Gasteiger partial charge in [0.25, 0.3) is 0 Å². The Labute approximate surface area is 113 Å². The van der Waals surface area contributed by atoms with Gasteiger partial charge in [0.05, 0.1) is 7.11 Å².